The van der Waals surface area contributed by atoms with Gasteiger partial charge in [0.2, 0.25) is 0 Å². The molecule has 1 heterocycles. The highest BCUT2D eigenvalue weighted by Gasteiger charge is 2.49. The zero-order valence-electron chi connectivity index (χ0n) is 8.98. The van der Waals surface area contributed by atoms with Crippen LogP contribution in [0, 0.1) is 5.82 Å². The molecule has 0 aliphatic rings. The summed E-state index contributed by atoms with van der Waals surface area (Å²) in [7, 11) is -5.94. The molecule has 9 heteroatoms. The summed E-state index contributed by atoms with van der Waals surface area (Å²) in [5.74, 6) is -2.51. The van der Waals surface area contributed by atoms with E-state index in [1.807, 2.05) is 0 Å². The van der Waals surface area contributed by atoms with Crippen molar-refractivity contribution in [2.24, 2.45) is 0 Å². The molecule has 0 atom stereocenters. The van der Waals surface area contributed by atoms with Crippen molar-refractivity contribution in [3.05, 3.63) is 36.3 Å². The monoisotopic (exact) mass is 295 g/mol. The van der Waals surface area contributed by atoms with Gasteiger partial charge in [-0.2, -0.15) is 21.6 Å². The molecular formula is C10H5F4NO3S. The summed E-state index contributed by atoms with van der Waals surface area (Å²) in [6.45, 7) is 0. The first-order valence-electron chi connectivity index (χ1n) is 4.76. The molecule has 0 unspecified atom stereocenters. The number of nitrogens with zero attached hydrogens (tertiary/aromatic N) is 1. The van der Waals surface area contributed by atoms with Gasteiger partial charge in [-0.05, 0) is 0 Å². The van der Waals surface area contributed by atoms with Gasteiger partial charge in [-0.3, -0.25) is 0 Å². The van der Waals surface area contributed by atoms with Crippen LogP contribution in [0.4, 0.5) is 17.6 Å². The lowest BCUT2D eigenvalue weighted by Crippen LogP contribution is -2.28. The van der Waals surface area contributed by atoms with Crippen LogP contribution in [0.5, 0.6) is 5.88 Å². The maximum Gasteiger partial charge on any atom is 0.534 e. The number of benzene rings is 1. The Morgan fingerprint density at radius 2 is 1.79 bits per heavy atom. The van der Waals surface area contributed by atoms with Gasteiger partial charge in [-0.25, -0.2) is 9.37 Å². The first-order chi connectivity index (χ1) is 8.72. The standard InChI is InChI=1S/C10H5F4NO3S/c11-8-7-4-2-1-3-6(7)5-15-9(8)18-19(16,17)10(12,13)14/h1-5H. The molecule has 0 saturated carbocycles. The largest absolute Gasteiger partial charge is 0.534 e. The normalized spacial score (nSPS) is 12.6. The molecule has 2 rings (SSSR count). The minimum absolute atomic E-state index is 0.0927. The molecule has 0 spiro atoms. The van der Waals surface area contributed by atoms with Crippen molar-refractivity contribution in [2.75, 3.05) is 0 Å². The predicted molar refractivity (Wildman–Crippen MR) is 57.3 cm³/mol. The van der Waals surface area contributed by atoms with Crippen LogP contribution < -0.4 is 4.18 Å². The highest BCUT2D eigenvalue weighted by atomic mass is 32.2. The van der Waals surface area contributed by atoms with Gasteiger partial charge in [0.05, 0.1) is 0 Å². The van der Waals surface area contributed by atoms with Gasteiger partial charge in [0, 0.05) is 17.0 Å². The molecule has 0 fully saturated rings. The summed E-state index contributed by atoms with van der Waals surface area (Å²) in [5, 5.41) is 0.210. The van der Waals surface area contributed by atoms with Crippen LogP contribution >= 0.6 is 0 Å². The van der Waals surface area contributed by atoms with Gasteiger partial charge in [-0.1, -0.05) is 24.3 Å². The molecule has 0 saturated heterocycles. The first kappa shape index (κ1) is 13.5. The van der Waals surface area contributed by atoms with Crippen molar-refractivity contribution >= 4 is 20.9 Å². The van der Waals surface area contributed by atoms with Crippen LogP contribution in [0.2, 0.25) is 0 Å². The molecule has 0 aliphatic heterocycles. The van der Waals surface area contributed by atoms with Crippen molar-refractivity contribution in [1.82, 2.24) is 4.98 Å². The summed E-state index contributed by atoms with van der Waals surface area (Å²) in [5.41, 5.74) is -5.65. The van der Waals surface area contributed by atoms with E-state index in [0.717, 1.165) is 6.20 Å². The quantitative estimate of drug-likeness (QED) is 0.485. The van der Waals surface area contributed by atoms with Gasteiger partial charge in [0.25, 0.3) is 5.88 Å². The molecular weight excluding hydrogens is 290 g/mol. The number of fused-ring (bicyclic) bond motifs is 1. The molecule has 4 nitrogen and oxygen atoms in total. The van der Waals surface area contributed by atoms with E-state index in [-0.39, 0.29) is 5.39 Å². The summed E-state index contributed by atoms with van der Waals surface area (Å²) in [6.07, 6.45) is 1.01. The van der Waals surface area contributed by atoms with E-state index in [9.17, 15) is 26.0 Å². The van der Waals surface area contributed by atoms with Gasteiger partial charge < -0.3 is 4.18 Å². The fraction of sp³-hybridized carbons (Fsp3) is 0.100. The molecule has 102 valence electrons. The van der Waals surface area contributed by atoms with Crippen molar-refractivity contribution in [3.63, 3.8) is 0 Å². The molecule has 0 N–H and O–H groups in total. The third kappa shape index (κ3) is 2.46. The molecule has 1 aromatic carbocycles. The van der Waals surface area contributed by atoms with Crippen LogP contribution in [-0.4, -0.2) is 18.9 Å². The molecule has 2 aromatic rings. The van der Waals surface area contributed by atoms with E-state index in [4.69, 9.17) is 0 Å². The molecule has 0 amide bonds. The van der Waals surface area contributed by atoms with E-state index in [1.54, 1.807) is 6.07 Å². The Kier molecular flexibility index (Phi) is 3.09. The minimum Gasteiger partial charge on any atom is -0.352 e. The minimum atomic E-state index is -5.94. The smallest absolute Gasteiger partial charge is 0.352 e. The lowest BCUT2D eigenvalue weighted by atomic mass is 10.2. The second-order valence-corrected chi connectivity index (χ2v) is 4.99. The van der Waals surface area contributed by atoms with Crippen LogP contribution in [-0.2, 0) is 10.1 Å². The fourth-order valence-corrected chi connectivity index (χ4v) is 1.74. The van der Waals surface area contributed by atoms with E-state index >= 15 is 0 Å². The molecule has 0 bridgehead atoms. The first-order valence-corrected chi connectivity index (χ1v) is 6.17. The van der Waals surface area contributed by atoms with Gasteiger partial charge >= 0.3 is 15.6 Å². The van der Waals surface area contributed by atoms with Crippen molar-refractivity contribution < 1.29 is 30.2 Å². The highest BCUT2D eigenvalue weighted by molar-refractivity contribution is 7.87. The lowest BCUT2D eigenvalue weighted by Gasteiger charge is -2.09. The Labute approximate surface area is 104 Å². The molecule has 19 heavy (non-hydrogen) atoms. The van der Waals surface area contributed by atoms with Gasteiger partial charge in [-0.15, -0.1) is 0 Å². The second kappa shape index (κ2) is 4.34. The maximum atomic E-state index is 13.8. The Morgan fingerprint density at radius 3 is 2.42 bits per heavy atom. The molecule has 0 aliphatic carbocycles. The van der Waals surface area contributed by atoms with Gasteiger partial charge in [0.1, 0.15) is 0 Å². The van der Waals surface area contributed by atoms with Crippen molar-refractivity contribution in [2.45, 2.75) is 5.51 Å². The summed E-state index contributed by atoms with van der Waals surface area (Å²) in [4.78, 5) is 3.23. The Balaban J connectivity index is 2.51. The number of rotatable bonds is 2. The summed E-state index contributed by atoms with van der Waals surface area (Å²) >= 11 is 0. The Hall–Kier alpha value is -1.90. The maximum absolute atomic E-state index is 13.8. The summed E-state index contributed by atoms with van der Waals surface area (Å²) in [6, 6.07) is 5.73. The van der Waals surface area contributed by atoms with Crippen LogP contribution in [0.25, 0.3) is 10.8 Å². The topological polar surface area (TPSA) is 56.3 Å². The number of halogens is 4. The van der Waals surface area contributed by atoms with Crippen molar-refractivity contribution in [3.8, 4) is 5.88 Å². The fourth-order valence-electron chi connectivity index (χ4n) is 1.32. The average molecular weight is 295 g/mol. The van der Waals surface area contributed by atoms with E-state index in [1.165, 1.54) is 18.2 Å². The zero-order valence-corrected chi connectivity index (χ0v) is 9.80. The summed E-state index contributed by atoms with van der Waals surface area (Å²) < 4.78 is 75.3. The number of aromatic nitrogens is 1. The van der Waals surface area contributed by atoms with Crippen LogP contribution in [0.1, 0.15) is 0 Å². The van der Waals surface area contributed by atoms with Gasteiger partial charge in [0.15, 0.2) is 5.82 Å². The predicted octanol–water partition coefficient (Wildman–Crippen LogP) is 2.60. The Bertz CT molecular complexity index is 727. The van der Waals surface area contributed by atoms with E-state index in [0.29, 0.717) is 5.39 Å². The molecule has 1 aromatic heterocycles. The third-order valence-corrected chi connectivity index (χ3v) is 3.12. The number of alkyl halides is 3. The average Bonchev–Trinajstić information content (AvgIpc) is 2.31. The van der Waals surface area contributed by atoms with E-state index in [2.05, 4.69) is 9.17 Å². The Morgan fingerprint density at radius 1 is 1.16 bits per heavy atom. The van der Waals surface area contributed by atoms with Crippen LogP contribution in [0.15, 0.2) is 30.5 Å². The van der Waals surface area contributed by atoms with E-state index < -0.39 is 27.3 Å². The van der Waals surface area contributed by atoms with Crippen LogP contribution in [0.3, 0.4) is 0 Å². The molecule has 0 radical (unpaired) electrons. The SMILES string of the molecule is O=S(=O)(Oc1ncc2ccccc2c1F)C(F)(F)F. The number of hydrogen-bond acceptors (Lipinski definition) is 4. The van der Waals surface area contributed by atoms with Crippen molar-refractivity contribution in [1.29, 1.82) is 0 Å². The number of pyridine rings is 1. The number of hydrogen-bond donors (Lipinski definition) is 0. The lowest BCUT2D eigenvalue weighted by molar-refractivity contribution is -0.0502. The highest BCUT2D eigenvalue weighted by Crippen LogP contribution is 2.29. The zero-order chi connectivity index (χ0) is 14.3. The second-order valence-electron chi connectivity index (χ2n) is 3.45. The third-order valence-electron chi connectivity index (χ3n) is 2.18.